The van der Waals surface area contributed by atoms with Crippen molar-refractivity contribution >= 4 is 23.6 Å². The van der Waals surface area contributed by atoms with Crippen LogP contribution in [0.4, 0.5) is 0 Å². The maximum atomic E-state index is 12.7. The van der Waals surface area contributed by atoms with Gasteiger partial charge in [-0.3, -0.25) is 14.6 Å². The van der Waals surface area contributed by atoms with Crippen LogP contribution >= 0.6 is 11.8 Å². The maximum absolute atomic E-state index is 12.7. The molecule has 1 aliphatic rings. The summed E-state index contributed by atoms with van der Waals surface area (Å²) in [5.41, 5.74) is -0.147. The zero-order chi connectivity index (χ0) is 17.6. The van der Waals surface area contributed by atoms with Crippen molar-refractivity contribution in [2.24, 2.45) is 0 Å². The van der Waals surface area contributed by atoms with Crippen molar-refractivity contribution in [1.29, 1.82) is 0 Å². The Bertz CT molecular complexity index is 559. The molecule has 1 saturated heterocycles. The highest BCUT2D eigenvalue weighted by Crippen LogP contribution is 2.32. The average Bonchev–Trinajstić information content (AvgIpc) is 2.59. The van der Waals surface area contributed by atoms with E-state index in [1.807, 2.05) is 12.3 Å². The summed E-state index contributed by atoms with van der Waals surface area (Å²) in [5, 5.41) is 13.6. The predicted molar refractivity (Wildman–Crippen MR) is 94.6 cm³/mol. The Morgan fingerprint density at radius 3 is 2.71 bits per heavy atom. The zero-order valence-electron chi connectivity index (χ0n) is 14.2. The smallest absolute Gasteiger partial charge is 0.245 e. The first-order valence-electron chi connectivity index (χ1n) is 8.14. The molecule has 2 N–H and O–H groups in total. The normalized spacial score (nSPS) is 18.0. The summed E-state index contributed by atoms with van der Waals surface area (Å²) in [5.74, 6) is 0.551. The summed E-state index contributed by atoms with van der Waals surface area (Å²) in [7, 11) is 0. The number of rotatable bonds is 6. The van der Waals surface area contributed by atoms with Crippen LogP contribution in [0.15, 0.2) is 24.5 Å². The highest BCUT2D eigenvalue weighted by molar-refractivity contribution is 7.98. The molecular formula is C17H25N3O3S. The van der Waals surface area contributed by atoms with Gasteiger partial charge < -0.3 is 15.3 Å². The van der Waals surface area contributed by atoms with Gasteiger partial charge in [-0.2, -0.15) is 11.8 Å². The lowest BCUT2D eigenvalue weighted by Crippen LogP contribution is -2.52. The molecule has 0 radical (unpaired) electrons. The quantitative estimate of drug-likeness (QED) is 0.803. The molecule has 0 bridgehead atoms. The summed E-state index contributed by atoms with van der Waals surface area (Å²) in [6, 6.07) is 3.18. The second kappa shape index (κ2) is 8.48. The van der Waals surface area contributed by atoms with Gasteiger partial charge in [0.2, 0.25) is 11.8 Å². The van der Waals surface area contributed by atoms with E-state index in [9.17, 15) is 14.7 Å². The molecule has 1 atom stereocenters. The van der Waals surface area contributed by atoms with Crippen molar-refractivity contribution < 1.29 is 14.7 Å². The highest BCUT2D eigenvalue weighted by atomic mass is 32.2. The van der Waals surface area contributed by atoms with Gasteiger partial charge in [0.25, 0.3) is 0 Å². The van der Waals surface area contributed by atoms with Crippen molar-refractivity contribution in [2.75, 3.05) is 25.1 Å². The molecule has 1 aliphatic heterocycles. The second-order valence-corrected chi connectivity index (χ2v) is 7.12. The molecule has 0 aromatic carbocycles. The molecule has 24 heavy (non-hydrogen) atoms. The molecule has 1 aromatic rings. The summed E-state index contributed by atoms with van der Waals surface area (Å²) in [6.45, 7) is 2.37. The minimum atomic E-state index is -0.937. The van der Waals surface area contributed by atoms with Crippen molar-refractivity contribution in [3.63, 3.8) is 0 Å². The molecule has 0 aliphatic carbocycles. The summed E-state index contributed by atoms with van der Waals surface area (Å²) in [4.78, 5) is 29.9. The number of piperidine rings is 1. The van der Waals surface area contributed by atoms with Gasteiger partial charge in [0.15, 0.2) is 0 Å². The number of carbonyl (C=O) groups is 2. The first kappa shape index (κ1) is 18.7. The highest BCUT2D eigenvalue weighted by Gasteiger charge is 2.37. The van der Waals surface area contributed by atoms with Crippen molar-refractivity contribution in [3.8, 4) is 0 Å². The van der Waals surface area contributed by atoms with Crippen molar-refractivity contribution in [1.82, 2.24) is 15.2 Å². The maximum Gasteiger partial charge on any atom is 0.245 e. The number of likely N-dealkylation sites (tertiary alicyclic amines) is 1. The Hall–Kier alpha value is -1.60. The van der Waals surface area contributed by atoms with Crippen LogP contribution < -0.4 is 5.32 Å². The minimum absolute atomic E-state index is 0.0625. The number of carbonyl (C=O) groups excluding carboxylic acids is 2. The third kappa shape index (κ3) is 4.70. The Balaban J connectivity index is 1.99. The molecule has 2 heterocycles. The number of pyridine rings is 1. The van der Waals surface area contributed by atoms with Crippen LogP contribution in [0.3, 0.4) is 0 Å². The number of hydrogen-bond donors (Lipinski definition) is 2. The topological polar surface area (TPSA) is 82.5 Å². The van der Waals surface area contributed by atoms with Gasteiger partial charge in [-0.15, -0.1) is 0 Å². The SMILES string of the molecule is CSCC[C@H](NC(C)=O)C(=O)N1CCC(O)(c2cccnc2)CC1. The van der Waals surface area contributed by atoms with E-state index in [1.54, 1.807) is 35.1 Å². The summed E-state index contributed by atoms with van der Waals surface area (Å²) < 4.78 is 0. The molecule has 6 nitrogen and oxygen atoms in total. The number of thioether (sulfide) groups is 1. The first-order valence-corrected chi connectivity index (χ1v) is 9.53. The second-order valence-electron chi connectivity index (χ2n) is 6.13. The molecule has 132 valence electrons. The molecule has 1 fully saturated rings. The zero-order valence-corrected chi connectivity index (χ0v) is 15.0. The molecule has 2 rings (SSSR count). The third-order valence-electron chi connectivity index (χ3n) is 4.39. The van der Waals surface area contributed by atoms with Gasteiger partial charge in [-0.25, -0.2) is 0 Å². The number of aliphatic hydroxyl groups is 1. The van der Waals surface area contributed by atoms with E-state index in [0.717, 1.165) is 11.3 Å². The summed E-state index contributed by atoms with van der Waals surface area (Å²) in [6.07, 6.45) is 6.89. The van der Waals surface area contributed by atoms with Gasteiger partial charge in [0.1, 0.15) is 6.04 Å². The number of aromatic nitrogens is 1. The van der Waals surface area contributed by atoms with Crippen molar-refractivity contribution in [3.05, 3.63) is 30.1 Å². The fourth-order valence-corrected chi connectivity index (χ4v) is 3.45. The molecule has 2 amide bonds. The Kier molecular flexibility index (Phi) is 6.62. The van der Waals surface area contributed by atoms with Gasteiger partial charge in [-0.05, 0) is 37.3 Å². The molecule has 1 aromatic heterocycles. The Morgan fingerprint density at radius 2 is 2.17 bits per heavy atom. The predicted octanol–water partition coefficient (Wildman–Crippen LogP) is 1.15. The van der Waals surface area contributed by atoms with Gasteiger partial charge in [0.05, 0.1) is 5.60 Å². The van der Waals surface area contributed by atoms with E-state index in [0.29, 0.717) is 32.4 Å². The van der Waals surface area contributed by atoms with Crippen LogP contribution in [0.1, 0.15) is 31.7 Å². The van der Waals surface area contributed by atoms with Crippen LogP contribution in [-0.4, -0.2) is 57.9 Å². The molecule has 0 unspecified atom stereocenters. The standard InChI is InChI=1S/C17H25N3O3S/c1-13(21)19-15(5-11-24-2)16(22)20-9-6-17(23,7-10-20)14-4-3-8-18-12-14/h3-4,8,12,15,23H,5-7,9-11H2,1-2H3,(H,19,21)/t15-/m0/s1. The molecular weight excluding hydrogens is 326 g/mol. The lowest BCUT2D eigenvalue weighted by Gasteiger charge is -2.39. The Morgan fingerprint density at radius 1 is 1.46 bits per heavy atom. The van der Waals surface area contributed by atoms with E-state index in [2.05, 4.69) is 10.3 Å². The van der Waals surface area contributed by atoms with Gasteiger partial charge in [-0.1, -0.05) is 6.07 Å². The Labute approximate surface area is 147 Å². The van der Waals surface area contributed by atoms with Crippen LogP contribution in [-0.2, 0) is 15.2 Å². The van der Waals surface area contributed by atoms with Crippen LogP contribution in [0.25, 0.3) is 0 Å². The first-order chi connectivity index (χ1) is 11.5. The van der Waals surface area contributed by atoms with Crippen molar-refractivity contribution in [2.45, 2.75) is 37.8 Å². The fraction of sp³-hybridized carbons (Fsp3) is 0.588. The van der Waals surface area contributed by atoms with Gasteiger partial charge >= 0.3 is 0 Å². The number of hydrogen-bond acceptors (Lipinski definition) is 5. The number of nitrogens with one attached hydrogen (secondary N) is 1. The number of amides is 2. The van der Waals surface area contributed by atoms with E-state index < -0.39 is 11.6 Å². The largest absolute Gasteiger partial charge is 0.385 e. The van der Waals surface area contributed by atoms with E-state index in [-0.39, 0.29) is 11.8 Å². The molecule has 0 saturated carbocycles. The average molecular weight is 351 g/mol. The number of nitrogens with zero attached hydrogens (tertiary/aromatic N) is 2. The lowest BCUT2D eigenvalue weighted by molar-refractivity contribution is -0.140. The monoisotopic (exact) mass is 351 g/mol. The van der Waals surface area contributed by atoms with Gasteiger partial charge in [0, 0.05) is 38.0 Å². The van der Waals surface area contributed by atoms with Crippen LogP contribution in [0, 0.1) is 0 Å². The van der Waals surface area contributed by atoms with E-state index in [1.165, 1.54) is 6.92 Å². The van der Waals surface area contributed by atoms with Crippen LogP contribution in [0.2, 0.25) is 0 Å². The van der Waals surface area contributed by atoms with E-state index >= 15 is 0 Å². The molecule has 7 heteroatoms. The van der Waals surface area contributed by atoms with E-state index in [4.69, 9.17) is 0 Å². The lowest BCUT2D eigenvalue weighted by atomic mass is 9.85. The fourth-order valence-electron chi connectivity index (χ4n) is 2.98. The van der Waals surface area contributed by atoms with Crippen LogP contribution in [0.5, 0.6) is 0 Å². The summed E-state index contributed by atoms with van der Waals surface area (Å²) >= 11 is 1.65. The minimum Gasteiger partial charge on any atom is -0.385 e. The third-order valence-corrected chi connectivity index (χ3v) is 5.03. The molecule has 0 spiro atoms.